The number of halogens is 2. The summed E-state index contributed by atoms with van der Waals surface area (Å²) in [5.74, 6) is -0.340. The molecule has 0 aliphatic heterocycles. The van der Waals surface area contributed by atoms with Crippen LogP contribution in [0.2, 0.25) is 0 Å². The molecule has 70 valence electrons. The van der Waals surface area contributed by atoms with Gasteiger partial charge in [-0.25, -0.2) is 4.79 Å². The molecule has 0 aromatic heterocycles. The summed E-state index contributed by atoms with van der Waals surface area (Å²) in [4.78, 5) is 11.2. The first-order valence-electron chi connectivity index (χ1n) is 3.80. The van der Waals surface area contributed by atoms with Gasteiger partial charge in [-0.3, -0.25) is 0 Å². The van der Waals surface area contributed by atoms with Crippen LogP contribution in [0.5, 0.6) is 0 Å². The molecule has 0 fully saturated rings. The van der Waals surface area contributed by atoms with Crippen LogP contribution in [-0.2, 0) is 10.2 Å². The summed E-state index contributed by atoms with van der Waals surface area (Å²) >= 11 is 4.90. The molecule has 0 amide bonds. The molecule has 0 atom stereocenters. The number of carbonyl (C=O) groups excluding carboxylic acids is 1. The van der Waals surface area contributed by atoms with E-state index in [0.717, 1.165) is 15.6 Å². The Balaban J connectivity index is 3.13. The van der Waals surface area contributed by atoms with Gasteiger partial charge in [-0.1, -0.05) is 6.92 Å². The Kier molecular flexibility index (Phi) is 4.18. The maximum Gasteiger partial charge on any atom is 0.349 e. The Morgan fingerprint density at radius 1 is 1.62 bits per heavy atom. The number of carbonyl (C=O) groups is 1. The van der Waals surface area contributed by atoms with E-state index in [1.807, 2.05) is 19.1 Å². The van der Waals surface area contributed by atoms with E-state index in [1.54, 1.807) is 6.07 Å². The van der Waals surface area contributed by atoms with Gasteiger partial charge in [-0.2, -0.15) is 0 Å². The minimum Gasteiger partial charge on any atom is -0.380 e. The summed E-state index contributed by atoms with van der Waals surface area (Å²) in [5.41, 5.74) is 1.64. The Morgan fingerprint density at radius 3 is 2.85 bits per heavy atom. The van der Waals surface area contributed by atoms with Gasteiger partial charge in [0.15, 0.2) is 16.3 Å². The van der Waals surface area contributed by atoms with Crippen molar-refractivity contribution in [3.05, 3.63) is 32.9 Å². The van der Waals surface area contributed by atoms with E-state index in [2.05, 4.69) is 42.7 Å². The first-order chi connectivity index (χ1) is 6.19. The zero-order valence-corrected chi connectivity index (χ0v) is 10.8. The van der Waals surface area contributed by atoms with Crippen molar-refractivity contribution in [2.75, 3.05) is 0 Å². The normalized spacial score (nSPS) is 9.77. The third-order valence-corrected chi connectivity index (χ3v) is 2.70. The molecule has 13 heavy (non-hydrogen) atoms. The van der Waals surface area contributed by atoms with Crippen molar-refractivity contribution in [3.63, 3.8) is 0 Å². The Morgan fingerprint density at radius 2 is 2.31 bits per heavy atom. The molecule has 0 aliphatic rings. The molecule has 0 bridgehead atoms. The summed E-state index contributed by atoms with van der Waals surface area (Å²) in [6, 6.07) is 5.66. The Bertz CT molecular complexity index is 325. The first kappa shape index (κ1) is 11.0. The van der Waals surface area contributed by atoms with Crippen LogP contribution in [0.4, 0.5) is 0 Å². The van der Waals surface area contributed by atoms with Crippen molar-refractivity contribution in [1.82, 2.24) is 0 Å². The molecule has 2 nitrogen and oxygen atoms in total. The quantitative estimate of drug-likeness (QED) is 0.761. The third-order valence-electron chi connectivity index (χ3n) is 1.74. The molecule has 0 heterocycles. The molecule has 0 radical (unpaired) electrons. The van der Waals surface area contributed by atoms with Gasteiger partial charge in [-0.15, -0.1) is 0 Å². The van der Waals surface area contributed by atoms with Crippen molar-refractivity contribution in [2.45, 2.75) is 13.3 Å². The van der Waals surface area contributed by atoms with Crippen LogP contribution < -0.4 is 0 Å². The van der Waals surface area contributed by atoms with Gasteiger partial charge >= 0.3 is 5.97 Å². The molecule has 0 spiro atoms. The summed E-state index contributed by atoms with van der Waals surface area (Å²) in [6.45, 7) is 2.01. The van der Waals surface area contributed by atoms with Gasteiger partial charge in [0.2, 0.25) is 0 Å². The predicted molar refractivity (Wildman–Crippen MR) is 62.9 cm³/mol. The molecule has 0 saturated carbocycles. The van der Waals surface area contributed by atoms with Crippen LogP contribution in [0.1, 0.15) is 22.8 Å². The van der Waals surface area contributed by atoms with Crippen LogP contribution in [0.3, 0.4) is 0 Å². The molecule has 0 N–H and O–H groups in total. The van der Waals surface area contributed by atoms with Crippen LogP contribution in [0, 0.1) is 3.57 Å². The monoisotopic (exact) mass is 354 g/mol. The Hall–Kier alpha value is -0.100. The third kappa shape index (κ3) is 2.67. The average molecular weight is 355 g/mol. The van der Waals surface area contributed by atoms with E-state index < -0.39 is 0 Å². The maximum atomic E-state index is 11.2. The van der Waals surface area contributed by atoms with E-state index in [1.165, 1.54) is 0 Å². The largest absolute Gasteiger partial charge is 0.380 e. The first-order valence-corrected chi connectivity index (χ1v) is 5.53. The van der Waals surface area contributed by atoms with Crippen LogP contribution in [-0.4, -0.2) is 5.97 Å². The summed E-state index contributed by atoms with van der Waals surface area (Å²) < 4.78 is 5.62. The maximum absolute atomic E-state index is 11.2. The highest BCUT2D eigenvalue weighted by molar-refractivity contribution is 14.1. The molecule has 1 rings (SSSR count). The van der Waals surface area contributed by atoms with E-state index in [0.29, 0.717) is 5.56 Å². The summed E-state index contributed by atoms with van der Waals surface area (Å²) in [7, 11) is 0. The molecule has 0 saturated heterocycles. The van der Waals surface area contributed by atoms with Gasteiger partial charge in [0.1, 0.15) is 0 Å². The minimum atomic E-state index is -0.340. The molecule has 4 heteroatoms. The van der Waals surface area contributed by atoms with E-state index in [9.17, 15) is 4.79 Å². The average Bonchev–Trinajstić information content (AvgIpc) is 2.16. The van der Waals surface area contributed by atoms with Gasteiger partial charge in [0.25, 0.3) is 0 Å². The van der Waals surface area contributed by atoms with E-state index >= 15 is 0 Å². The highest BCUT2D eigenvalue weighted by Gasteiger charge is 2.10. The summed E-state index contributed by atoms with van der Waals surface area (Å²) in [6.07, 6.45) is 0.828. The zero-order chi connectivity index (χ0) is 9.84. The number of benzene rings is 1. The SMILES string of the molecule is CCc1cc(I)ccc1C(=O)OBr. The molecular formula is C9H8BrIO2. The van der Waals surface area contributed by atoms with E-state index in [-0.39, 0.29) is 5.97 Å². The molecular weight excluding hydrogens is 347 g/mol. The lowest BCUT2D eigenvalue weighted by Gasteiger charge is -2.04. The fourth-order valence-electron chi connectivity index (χ4n) is 1.10. The van der Waals surface area contributed by atoms with Crippen molar-refractivity contribution < 1.29 is 8.62 Å². The van der Waals surface area contributed by atoms with Crippen molar-refractivity contribution in [2.24, 2.45) is 0 Å². The molecule has 0 aliphatic carbocycles. The van der Waals surface area contributed by atoms with Crippen molar-refractivity contribution >= 4 is 44.8 Å². The van der Waals surface area contributed by atoms with Crippen LogP contribution in [0.25, 0.3) is 0 Å². The Labute approximate surface area is 99.3 Å². The molecule has 1 aromatic rings. The van der Waals surface area contributed by atoms with Gasteiger partial charge in [0.05, 0.1) is 5.56 Å². The zero-order valence-electron chi connectivity index (χ0n) is 7.01. The minimum absolute atomic E-state index is 0.340. The lowest BCUT2D eigenvalue weighted by atomic mass is 10.1. The van der Waals surface area contributed by atoms with E-state index in [4.69, 9.17) is 0 Å². The highest BCUT2D eigenvalue weighted by atomic mass is 127. The molecule has 1 aromatic carbocycles. The number of aryl methyl sites for hydroxylation is 1. The van der Waals surface area contributed by atoms with Gasteiger partial charge in [-0.05, 0) is 52.8 Å². The molecule has 0 unspecified atom stereocenters. The second-order valence-electron chi connectivity index (χ2n) is 2.52. The number of rotatable bonds is 2. The van der Waals surface area contributed by atoms with Crippen molar-refractivity contribution in [3.8, 4) is 0 Å². The second-order valence-corrected chi connectivity index (χ2v) is 4.09. The topological polar surface area (TPSA) is 26.3 Å². The fourth-order valence-corrected chi connectivity index (χ4v) is 1.83. The smallest absolute Gasteiger partial charge is 0.349 e. The lowest BCUT2D eigenvalue weighted by Crippen LogP contribution is -2.02. The van der Waals surface area contributed by atoms with Gasteiger partial charge in [0, 0.05) is 3.57 Å². The van der Waals surface area contributed by atoms with Crippen molar-refractivity contribution in [1.29, 1.82) is 0 Å². The van der Waals surface area contributed by atoms with Crippen LogP contribution in [0.15, 0.2) is 18.2 Å². The highest BCUT2D eigenvalue weighted by Crippen LogP contribution is 2.16. The second kappa shape index (κ2) is 4.95. The summed E-state index contributed by atoms with van der Waals surface area (Å²) in [5, 5.41) is 0. The van der Waals surface area contributed by atoms with Crippen LogP contribution >= 0.6 is 38.8 Å². The lowest BCUT2D eigenvalue weighted by molar-refractivity contribution is 0.0781. The van der Waals surface area contributed by atoms with Gasteiger partial charge < -0.3 is 3.83 Å². The predicted octanol–water partition coefficient (Wildman–Crippen LogP) is 3.32. The number of hydrogen-bond donors (Lipinski definition) is 0. The number of hydrogen-bond acceptors (Lipinski definition) is 2. The standard InChI is InChI=1S/C9H8BrIO2/c1-2-6-5-7(11)3-4-8(6)9(12)13-10/h3-5H,2H2,1H3. The fraction of sp³-hybridized carbons (Fsp3) is 0.222.